The summed E-state index contributed by atoms with van der Waals surface area (Å²) in [6.07, 6.45) is 3.38. The Hall–Kier alpha value is -2.12. The number of carbonyl (C=O) groups is 1. The average Bonchev–Trinajstić information content (AvgIpc) is 3.07. The first-order valence-corrected chi connectivity index (χ1v) is 8.43. The Morgan fingerprint density at radius 1 is 1.33 bits per heavy atom. The molecule has 0 spiro atoms. The smallest absolute Gasteiger partial charge is 0.247 e. The summed E-state index contributed by atoms with van der Waals surface area (Å²) in [6, 6.07) is 9.45. The van der Waals surface area contributed by atoms with Crippen LogP contribution in [0.2, 0.25) is 5.02 Å². The summed E-state index contributed by atoms with van der Waals surface area (Å²) < 4.78 is 4.22. The van der Waals surface area contributed by atoms with E-state index in [9.17, 15) is 4.79 Å². The van der Waals surface area contributed by atoms with Gasteiger partial charge in [-0.2, -0.15) is 10.2 Å². The molecule has 0 aliphatic carbocycles. The third kappa shape index (κ3) is 4.24. The zero-order valence-electron chi connectivity index (χ0n) is 12.9. The molecule has 0 saturated carbocycles. The zero-order valence-corrected chi connectivity index (χ0v) is 15.3. The molecule has 0 aliphatic heterocycles. The Kier molecular flexibility index (Phi) is 5.01. The van der Waals surface area contributed by atoms with E-state index in [-0.39, 0.29) is 12.5 Å². The van der Waals surface area contributed by atoms with Gasteiger partial charge in [-0.3, -0.25) is 14.2 Å². The molecular formula is C16H15BrClN5O. The van der Waals surface area contributed by atoms with Crippen molar-refractivity contribution in [2.75, 3.05) is 5.32 Å². The lowest BCUT2D eigenvalue weighted by Crippen LogP contribution is -2.19. The summed E-state index contributed by atoms with van der Waals surface area (Å²) in [5.74, 6) is 0.347. The average molecular weight is 409 g/mol. The Balaban J connectivity index is 1.65. The number of aromatic nitrogens is 4. The lowest BCUT2D eigenvalue weighted by atomic mass is 10.2. The third-order valence-corrected chi connectivity index (χ3v) is 4.06. The van der Waals surface area contributed by atoms with Gasteiger partial charge in [0.25, 0.3) is 0 Å². The molecule has 2 heterocycles. The number of nitrogens with zero attached hydrogens (tertiary/aromatic N) is 4. The van der Waals surface area contributed by atoms with Crippen molar-refractivity contribution in [1.82, 2.24) is 19.6 Å². The van der Waals surface area contributed by atoms with Gasteiger partial charge in [-0.05, 0) is 40.5 Å². The highest BCUT2D eigenvalue weighted by atomic mass is 79.9. The molecule has 0 aliphatic rings. The van der Waals surface area contributed by atoms with Crippen LogP contribution < -0.4 is 5.32 Å². The van der Waals surface area contributed by atoms with E-state index < -0.39 is 0 Å². The van der Waals surface area contributed by atoms with Crippen molar-refractivity contribution < 1.29 is 4.79 Å². The predicted molar refractivity (Wildman–Crippen MR) is 96.1 cm³/mol. The van der Waals surface area contributed by atoms with Crippen LogP contribution in [0.3, 0.4) is 0 Å². The fourth-order valence-corrected chi connectivity index (χ4v) is 2.70. The molecule has 6 nitrogen and oxygen atoms in total. The monoisotopic (exact) mass is 407 g/mol. The van der Waals surface area contributed by atoms with Crippen molar-refractivity contribution in [2.24, 2.45) is 0 Å². The maximum absolute atomic E-state index is 12.1. The van der Waals surface area contributed by atoms with Gasteiger partial charge in [-0.15, -0.1) is 0 Å². The summed E-state index contributed by atoms with van der Waals surface area (Å²) in [6.45, 7) is 2.70. The molecule has 0 saturated heterocycles. The number of rotatable bonds is 5. The van der Waals surface area contributed by atoms with E-state index in [2.05, 4.69) is 31.4 Å². The molecule has 3 aromatic rings. The van der Waals surface area contributed by atoms with Crippen LogP contribution in [0.25, 0.3) is 0 Å². The fraction of sp³-hybridized carbons (Fsp3) is 0.188. The van der Waals surface area contributed by atoms with Gasteiger partial charge in [0.2, 0.25) is 5.91 Å². The number of aryl methyl sites for hydroxylation is 1. The van der Waals surface area contributed by atoms with Gasteiger partial charge in [0.15, 0.2) is 5.82 Å². The topological polar surface area (TPSA) is 64.7 Å². The lowest BCUT2D eigenvalue weighted by molar-refractivity contribution is -0.116. The second-order valence-corrected chi connectivity index (χ2v) is 6.71. The van der Waals surface area contributed by atoms with E-state index in [0.29, 0.717) is 17.4 Å². The van der Waals surface area contributed by atoms with Crippen LogP contribution in [0.15, 0.2) is 47.2 Å². The number of amides is 1. The van der Waals surface area contributed by atoms with Crippen LogP contribution in [0, 0.1) is 6.92 Å². The van der Waals surface area contributed by atoms with Crippen molar-refractivity contribution in [1.29, 1.82) is 0 Å². The van der Waals surface area contributed by atoms with Gasteiger partial charge in [-0.1, -0.05) is 23.7 Å². The maximum atomic E-state index is 12.1. The van der Waals surface area contributed by atoms with Gasteiger partial charge in [0.1, 0.15) is 6.54 Å². The standard InChI is InChI=1S/C16H15BrClN5O/c1-11-6-15(20-16(24)10-22-9-13(17)7-19-22)21-23(11)8-12-2-4-14(18)5-3-12/h2-7,9H,8,10H2,1H3,(H,20,21,24). The Labute approximate surface area is 152 Å². The number of halogens is 2. The molecule has 8 heteroatoms. The van der Waals surface area contributed by atoms with E-state index in [4.69, 9.17) is 11.6 Å². The zero-order chi connectivity index (χ0) is 17.1. The first-order chi connectivity index (χ1) is 11.5. The minimum Gasteiger partial charge on any atom is -0.308 e. The number of carbonyl (C=O) groups excluding carboxylic acids is 1. The van der Waals surface area contributed by atoms with Crippen LogP contribution in [0.5, 0.6) is 0 Å². The van der Waals surface area contributed by atoms with Crippen LogP contribution in [0.4, 0.5) is 5.82 Å². The minimum atomic E-state index is -0.179. The fourth-order valence-electron chi connectivity index (χ4n) is 2.25. The molecule has 24 heavy (non-hydrogen) atoms. The summed E-state index contributed by atoms with van der Waals surface area (Å²) >= 11 is 9.19. The van der Waals surface area contributed by atoms with Crippen LogP contribution in [0.1, 0.15) is 11.3 Å². The third-order valence-electron chi connectivity index (χ3n) is 3.40. The van der Waals surface area contributed by atoms with Crippen molar-refractivity contribution >= 4 is 39.3 Å². The largest absolute Gasteiger partial charge is 0.308 e. The second kappa shape index (κ2) is 7.19. The maximum Gasteiger partial charge on any atom is 0.247 e. The minimum absolute atomic E-state index is 0.134. The molecule has 1 aromatic carbocycles. The summed E-state index contributed by atoms with van der Waals surface area (Å²) in [4.78, 5) is 12.1. The van der Waals surface area contributed by atoms with E-state index in [1.807, 2.05) is 41.9 Å². The molecule has 0 bridgehead atoms. The van der Waals surface area contributed by atoms with E-state index >= 15 is 0 Å². The lowest BCUT2D eigenvalue weighted by Gasteiger charge is -2.05. The predicted octanol–water partition coefficient (Wildman–Crippen LogP) is 3.49. The van der Waals surface area contributed by atoms with Gasteiger partial charge >= 0.3 is 0 Å². The second-order valence-electron chi connectivity index (χ2n) is 5.36. The van der Waals surface area contributed by atoms with E-state index in [0.717, 1.165) is 15.7 Å². The Morgan fingerprint density at radius 3 is 2.75 bits per heavy atom. The number of benzene rings is 1. The van der Waals surface area contributed by atoms with Gasteiger partial charge in [0.05, 0.1) is 17.2 Å². The number of hydrogen-bond acceptors (Lipinski definition) is 3. The highest BCUT2D eigenvalue weighted by Crippen LogP contribution is 2.14. The SMILES string of the molecule is Cc1cc(NC(=O)Cn2cc(Br)cn2)nn1Cc1ccc(Cl)cc1. The van der Waals surface area contributed by atoms with Crippen molar-refractivity contribution in [3.8, 4) is 0 Å². The normalized spacial score (nSPS) is 10.8. The highest BCUT2D eigenvalue weighted by molar-refractivity contribution is 9.10. The van der Waals surface area contributed by atoms with Gasteiger partial charge in [0, 0.05) is 23.0 Å². The van der Waals surface area contributed by atoms with Crippen molar-refractivity contribution in [3.63, 3.8) is 0 Å². The molecule has 0 unspecified atom stereocenters. The molecule has 0 atom stereocenters. The Bertz CT molecular complexity index is 856. The van der Waals surface area contributed by atoms with Crippen molar-refractivity contribution in [2.45, 2.75) is 20.0 Å². The first kappa shape index (κ1) is 16.7. The molecular weight excluding hydrogens is 394 g/mol. The molecule has 0 radical (unpaired) electrons. The van der Waals surface area contributed by atoms with Crippen LogP contribution in [-0.4, -0.2) is 25.5 Å². The highest BCUT2D eigenvalue weighted by Gasteiger charge is 2.09. The van der Waals surface area contributed by atoms with Gasteiger partial charge < -0.3 is 5.32 Å². The molecule has 2 aromatic heterocycles. The first-order valence-electron chi connectivity index (χ1n) is 7.26. The van der Waals surface area contributed by atoms with Gasteiger partial charge in [-0.25, -0.2) is 0 Å². The Morgan fingerprint density at radius 2 is 2.08 bits per heavy atom. The number of nitrogens with one attached hydrogen (secondary N) is 1. The molecule has 124 valence electrons. The summed E-state index contributed by atoms with van der Waals surface area (Å²) in [5.41, 5.74) is 2.05. The van der Waals surface area contributed by atoms with Crippen molar-refractivity contribution in [3.05, 3.63) is 63.5 Å². The summed E-state index contributed by atoms with van der Waals surface area (Å²) in [5, 5.41) is 12.0. The molecule has 1 N–H and O–H groups in total. The van der Waals surface area contributed by atoms with E-state index in [1.165, 1.54) is 0 Å². The van der Waals surface area contributed by atoms with Crippen LogP contribution in [-0.2, 0) is 17.9 Å². The quantitative estimate of drug-likeness (QED) is 0.703. The van der Waals surface area contributed by atoms with E-state index in [1.54, 1.807) is 17.1 Å². The van der Waals surface area contributed by atoms with Crippen LogP contribution >= 0.6 is 27.5 Å². The summed E-state index contributed by atoms with van der Waals surface area (Å²) in [7, 11) is 0. The number of anilines is 1. The number of hydrogen-bond donors (Lipinski definition) is 1. The molecule has 0 fully saturated rings. The molecule has 3 rings (SSSR count). The molecule has 1 amide bonds.